The average molecular weight is 447 g/mol. The Hall–Kier alpha value is -1.85. The molecule has 1 rings (SSSR count). The predicted octanol–water partition coefficient (Wildman–Crippen LogP) is -0.850. The number of hydrogen-bond donors (Lipinski definition) is 5. The van der Waals surface area contributed by atoms with Gasteiger partial charge in [-0.25, -0.2) is 4.79 Å². The summed E-state index contributed by atoms with van der Waals surface area (Å²) in [5.41, 5.74) is 5.89. The highest BCUT2D eigenvalue weighted by Gasteiger charge is 2.39. The number of carbonyl (C=O) groups is 4. The highest BCUT2D eigenvalue weighted by Crippen LogP contribution is 2.19. The van der Waals surface area contributed by atoms with E-state index in [-0.39, 0.29) is 18.9 Å². The third kappa shape index (κ3) is 7.13. The van der Waals surface area contributed by atoms with Crippen LogP contribution in [0.5, 0.6) is 0 Å². The number of rotatable bonds is 12. The molecule has 3 amide bonds. The summed E-state index contributed by atoms with van der Waals surface area (Å²) in [5, 5.41) is 23.9. The average Bonchev–Trinajstić information content (AvgIpc) is 3.22. The minimum Gasteiger partial charge on any atom is -0.480 e. The molecule has 11 heteroatoms. The van der Waals surface area contributed by atoms with Crippen molar-refractivity contribution in [2.45, 2.75) is 63.7 Å². The molecule has 172 valence electrons. The van der Waals surface area contributed by atoms with Crippen molar-refractivity contribution in [3.8, 4) is 0 Å². The first-order valence-corrected chi connectivity index (χ1v) is 11.6. The molecule has 10 nitrogen and oxygen atoms in total. The van der Waals surface area contributed by atoms with E-state index in [0.29, 0.717) is 25.0 Å². The number of amides is 3. The van der Waals surface area contributed by atoms with Crippen LogP contribution in [0.15, 0.2) is 0 Å². The van der Waals surface area contributed by atoms with Gasteiger partial charge in [-0.05, 0) is 37.2 Å². The summed E-state index contributed by atoms with van der Waals surface area (Å²) in [4.78, 5) is 50.5. The maximum Gasteiger partial charge on any atom is 0.326 e. The molecule has 0 bridgehead atoms. The Morgan fingerprint density at radius 2 is 1.90 bits per heavy atom. The molecule has 0 radical (unpaired) electrons. The van der Waals surface area contributed by atoms with Crippen molar-refractivity contribution in [2.75, 3.05) is 25.2 Å². The van der Waals surface area contributed by atoms with Crippen LogP contribution < -0.4 is 16.4 Å². The lowest BCUT2D eigenvalue weighted by atomic mass is 9.99. The van der Waals surface area contributed by atoms with Crippen molar-refractivity contribution in [1.82, 2.24) is 15.5 Å². The van der Waals surface area contributed by atoms with E-state index in [0.717, 1.165) is 0 Å². The number of aliphatic hydroxyl groups excluding tert-OH is 1. The first-order valence-electron chi connectivity index (χ1n) is 10.2. The van der Waals surface area contributed by atoms with E-state index in [9.17, 15) is 29.4 Å². The molecular weight excluding hydrogens is 412 g/mol. The van der Waals surface area contributed by atoms with Crippen LogP contribution in [-0.2, 0) is 19.2 Å². The Kier molecular flexibility index (Phi) is 11.1. The van der Waals surface area contributed by atoms with Crippen LogP contribution >= 0.6 is 11.8 Å². The first-order chi connectivity index (χ1) is 14.2. The number of carboxylic acid groups (broad SMARTS) is 1. The SMILES string of the molecule is CCC(C)C(N)C(=O)NC(CO)C(=O)N1CCCC1C(=O)NC(CCSC)C(=O)O. The van der Waals surface area contributed by atoms with Crippen LogP contribution in [0.2, 0.25) is 0 Å². The molecule has 1 heterocycles. The minimum absolute atomic E-state index is 0.0982. The van der Waals surface area contributed by atoms with E-state index in [1.54, 1.807) is 0 Å². The molecule has 1 aliphatic heterocycles. The Balaban J connectivity index is 2.82. The quantitative estimate of drug-likeness (QED) is 0.259. The van der Waals surface area contributed by atoms with Gasteiger partial charge in [0.15, 0.2) is 0 Å². The van der Waals surface area contributed by atoms with Gasteiger partial charge in [-0.1, -0.05) is 20.3 Å². The smallest absolute Gasteiger partial charge is 0.326 e. The number of thioether (sulfide) groups is 1. The fraction of sp³-hybridized carbons (Fsp3) is 0.789. The zero-order valence-electron chi connectivity index (χ0n) is 17.8. The van der Waals surface area contributed by atoms with E-state index in [4.69, 9.17) is 5.73 Å². The molecule has 30 heavy (non-hydrogen) atoms. The zero-order valence-corrected chi connectivity index (χ0v) is 18.6. The van der Waals surface area contributed by atoms with Crippen molar-refractivity contribution in [2.24, 2.45) is 11.7 Å². The summed E-state index contributed by atoms with van der Waals surface area (Å²) in [6.45, 7) is 3.36. The van der Waals surface area contributed by atoms with Crippen molar-refractivity contribution in [3.05, 3.63) is 0 Å². The molecule has 5 unspecified atom stereocenters. The van der Waals surface area contributed by atoms with Crippen LogP contribution in [-0.4, -0.2) is 88.1 Å². The fourth-order valence-corrected chi connectivity index (χ4v) is 3.70. The first kappa shape index (κ1) is 26.2. The van der Waals surface area contributed by atoms with Crippen LogP contribution in [0.25, 0.3) is 0 Å². The number of nitrogens with two attached hydrogens (primary N) is 1. The molecular formula is C19H34N4O6S. The van der Waals surface area contributed by atoms with Gasteiger partial charge in [-0.3, -0.25) is 14.4 Å². The van der Waals surface area contributed by atoms with Crippen LogP contribution in [0.3, 0.4) is 0 Å². The predicted molar refractivity (Wildman–Crippen MR) is 114 cm³/mol. The Bertz CT molecular complexity index is 620. The summed E-state index contributed by atoms with van der Waals surface area (Å²) in [7, 11) is 0. The van der Waals surface area contributed by atoms with Crippen molar-refractivity contribution in [3.63, 3.8) is 0 Å². The number of nitrogens with one attached hydrogen (secondary N) is 2. The lowest BCUT2D eigenvalue weighted by Gasteiger charge is -2.29. The molecule has 0 spiro atoms. The van der Waals surface area contributed by atoms with Crippen molar-refractivity contribution < 1.29 is 29.4 Å². The van der Waals surface area contributed by atoms with Gasteiger partial charge in [0.05, 0.1) is 12.6 Å². The lowest BCUT2D eigenvalue weighted by molar-refractivity contribution is -0.145. The molecule has 1 saturated heterocycles. The highest BCUT2D eigenvalue weighted by molar-refractivity contribution is 7.98. The number of carbonyl (C=O) groups excluding carboxylic acids is 3. The lowest BCUT2D eigenvalue weighted by Crippen LogP contribution is -2.58. The molecule has 0 aromatic carbocycles. The second-order valence-electron chi connectivity index (χ2n) is 7.53. The number of aliphatic hydroxyl groups is 1. The van der Waals surface area contributed by atoms with Gasteiger partial charge in [0.25, 0.3) is 0 Å². The fourth-order valence-electron chi connectivity index (χ4n) is 3.23. The van der Waals surface area contributed by atoms with Crippen LogP contribution in [0, 0.1) is 5.92 Å². The molecule has 0 saturated carbocycles. The molecule has 1 aliphatic rings. The number of carboxylic acids is 1. The molecule has 0 aliphatic carbocycles. The van der Waals surface area contributed by atoms with Gasteiger partial charge < -0.3 is 31.5 Å². The van der Waals surface area contributed by atoms with Gasteiger partial charge in [0, 0.05) is 6.54 Å². The van der Waals surface area contributed by atoms with E-state index in [1.807, 2.05) is 20.1 Å². The number of likely N-dealkylation sites (tertiary alicyclic amines) is 1. The number of nitrogens with zero attached hydrogens (tertiary/aromatic N) is 1. The summed E-state index contributed by atoms with van der Waals surface area (Å²) >= 11 is 1.47. The Morgan fingerprint density at radius 3 is 2.43 bits per heavy atom. The van der Waals surface area contributed by atoms with Gasteiger partial charge in [0.1, 0.15) is 18.1 Å². The third-order valence-electron chi connectivity index (χ3n) is 5.42. The molecule has 0 aromatic rings. The summed E-state index contributed by atoms with van der Waals surface area (Å²) < 4.78 is 0. The normalized spacial score (nSPS) is 20.2. The van der Waals surface area contributed by atoms with Gasteiger partial charge in [-0.15, -0.1) is 0 Å². The van der Waals surface area contributed by atoms with E-state index in [2.05, 4.69) is 10.6 Å². The van der Waals surface area contributed by atoms with Crippen molar-refractivity contribution in [1.29, 1.82) is 0 Å². The highest BCUT2D eigenvalue weighted by atomic mass is 32.2. The second-order valence-corrected chi connectivity index (χ2v) is 8.51. The number of hydrogen-bond acceptors (Lipinski definition) is 7. The minimum atomic E-state index is -1.22. The summed E-state index contributed by atoms with van der Waals surface area (Å²) in [5.74, 6) is -2.34. The zero-order chi connectivity index (χ0) is 22.8. The largest absolute Gasteiger partial charge is 0.480 e. The maximum absolute atomic E-state index is 12.9. The van der Waals surface area contributed by atoms with Crippen molar-refractivity contribution >= 4 is 35.5 Å². The van der Waals surface area contributed by atoms with E-state index in [1.165, 1.54) is 16.7 Å². The van der Waals surface area contributed by atoms with Gasteiger partial charge in [-0.2, -0.15) is 11.8 Å². The van der Waals surface area contributed by atoms with Gasteiger partial charge in [0.2, 0.25) is 17.7 Å². The summed E-state index contributed by atoms with van der Waals surface area (Å²) in [6.07, 6.45) is 3.73. The van der Waals surface area contributed by atoms with Crippen LogP contribution in [0.1, 0.15) is 39.5 Å². The topological polar surface area (TPSA) is 162 Å². The van der Waals surface area contributed by atoms with E-state index < -0.39 is 54.5 Å². The Morgan fingerprint density at radius 1 is 1.23 bits per heavy atom. The van der Waals surface area contributed by atoms with E-state index >= 15 is 0 Å². The summed E-state index contributed by atoms with van der Waals surface area (Å²) in [6, 6.07) is -3.91. The Labute approximate surface area is 181 Å². The second kappa shape index (κ2) is 12.8. The standard InChI is InChI=1S/C19H34N4O6S/c1-4-11(2)15(20)17(26)22-13(10-24)18(27)23-8-5-6-14(23)16(25)21-12(19(28)29)7-9-30-3/h11-15,24H,4-10,20H2,1-3H3,(H,21,25)(H,22,26)(H,28,29). The maximum atomic E-state index is 12.9. The molecule has 6 N–H and O–H groups in total. The molecule has 0 aromatic heterocycles. The molecule has 5 atom stereocenters. The molecule has 1 fully saturated rings. The number of aliphatic carboxylic acids is 1. The monoisotopic (exact) mass is 446 g/mol. The van der Waals surface area contributed by atoms with Gasteiger partial charge >= 0.3 is 5.97 Å². The third-order valence-corrected chi connectivity index (χ3v) is 6.06. The van der Waals surface area contributed by atoms with Crippen LogP contribution in [0.4, 0.5) is 0 Å².